The van der Waals surface area contributed by atoms with Gasteiger partial charge in [-0.25, -0.2) is 4.79 Å². The van der Waals surface area contributed by atoms with Crippen molar-refractivity contribution in [2.45, 2.75) is 32.6 Å². The first-order valence-corrected chi connectivity index (χ1v) is 10.0. The number of carbonyl (C=O) groups is 2. The molecule has 0 fully saturated rings. The topological polar surface area (TPSA) is 64.6 Å². The van der Waals surface area contributed by atoms with Gasteiger partial charge in [-0.15, -0.1) is 11.3 Å². The summed E-state index contributed by atoms with van der Waals surface area (Å²) in [6.07, 6.45) is 3.92. The molecule has 0 aliphatic heterocycles. The molecule has 2 aromatic rings. The molecule has 0 spiro atoms. The number of thiophene rings is 1. The van der Waals surface area contributed by atoms with Crippen molar-refractivity contribution in [1.29, 1.82) is 0 Å². The molecule has 144 valence electrons. The molecule has 1 amide bonds. The molecule has 27 heavy (non-hydrogen) atoms. The van der Waals surface area contributed by atoms with E-state index in [0.717, 1.165) is 24.2 Å². The van der Waals surface area contributed by atoms with Crippen LogP contribution in [0.4, 0.5) is 0 Å². The van der Waals surface area contributed by atoms with Crippen LogP contribution < -0.4 is 10.1 Å². The summed E-state index contributed by atoms with van der Waals surface area (Å²) < 4.78 is 10.3. The highest BCUT2D eigenvalue weighted by Gasteiger charge is 2.21. The lowest BCUT2D eigenvalue weighted by atomic mass is 9.90. The van der Waals surface area contributed by atoms with Gasteiger partial charge in [0.25, 0.3) is 5.91 Å². The van der Waals surface area contributed by atoms with Crippen molar-refractivity contribution in [2.75, 3.05) is 20.3 Å². The highest BCUT2D eigenvalue weighted by Crippen LogP contribution is 2.32. The molecule has 1 aromatic carbocycles. The summed E-state index contributed by atoms with van der Waals surface area (Å²) in [5, 5.41) is 2.78. The number of amides is 1. The Morgan fingerprint density at radius 2 is 2.04 bits per heavy atom. The number of ether oxygens (including phenoxy) is 2. The maximum absolute atomic E-state index is 12.2. The molecule has 0 unspecified atom stereocenters. The number of hydrogen-bond donors (Lipinski definition) is 1. The molecular weight excluding hydrogens is 362 g/mol. The number of nitrogens with one attached hydrogen (secondary N) is 1. The smallest absolute Gasteiger partial charge is 0.348 e. The zero-order valence-corrected chi connectivity index (χ0v) is 16.6. The van der Waals surface area contributed by atoms with Gasteiger partial charge in [0.2, 0.25) is 0 Å². The summed E-state index contributed by atoms with van der Waals surface area (Å²) in [6, 6.07) is 9.63. The summed E-state index contributed by atoms with van der Waals surface area (Å²) in [5.41, 5.74) is 2.36. The van der Waals surface area contributed by atoms with E-state index in [4.69, 9.17) is 9.47 Å². The summed E-state index contributed by atoms with van der Waals surface area (Å²) >= 11 is 1.50. The minimum Gasteiger partial charge on any atom is -0.497 e. The number of aryl methyl sites for hydroxylation is 1. The monoisotopic (exact) mass is 387 g/mol. The van der Waals surface area contributed by atoms with Gasteiger partial charge in [0.05, 0.1) is 7.11 Å². The fraction of sp³-hybridized carbons (Fsp3) is 0.429. The Bertz CT molecular complexity index is 797. The third kappa shape index (κ3) is 5.32. The van der Waals surface area contributed by atoms with Crippen molar-refractivity contribution < 1.29 is 19.1 Å². The maximum atomic E-state index is 12.2. The summed E-state index contributed by atoms with van der Waals surface area (Å²) in [5.74, 6) is 0.769. The molecular formula is C21H25NO4S. The number of rotatable bonds is 7. The van der Waals surface area contributed by atoms with E-state index in [1.807, 2.05) is 30.3 Å². The van der Waals surface area contributed by atoms with Gasteiger partial charge in [0, 0.05) is 11.4 Å². The molecule has 1 aromatic heterocycles. The molecule has 0 radical (unpaired) electrons. The first kappa shape index (κ1) is 19.4. The molecule has 1 atom stereocenters. The molecule has 3 rings (SSSR count). The van der Waals surface area contributed by atoms with Gasteiger partial charge in [-0.05, 0) is 60.9 Å². The van der Waals surface area contributed by atoms with Crippen LogP contribution in [-0.2, 0) is 28.8 Å². The largest absolute Gasteiger partial charge is 0.497 e. The van der Waals surface area contributed by atoms with Gasteiger partial charge >= 0.3 is 5.97 Å². The zero-order chi connectivity index (χ0) is 19.2. The average Bonchev–Trinajstić information content (AvgIpc) is 3.10. The van der Waals surface area contributed by atoms with Crippen molar-refractivity contribution in [1.82, 2.24) is 5.32 Å². The minimum atomic E-state index is -0.410. The molecule has 0 bridgehead atoms. The molecule has 6 heteroatoms. The van der Waals surface area contributed by atoms with Gasteiger partial charge in [0.15, 0.2) is 6.61 Å². The van der Waals surface area contributed by atoms with Crippen LogP contribution in [0.2, 0.25) is 0 Å². The fourth-order valence-electron chi connectivity index (χ4n) is 3.20. The lowest BCUT2D eigenvalue weighted by molar-refractivity contribution is -0.124. The maximum Gasteiger partial charge on any atom is 0.348 e. The third-order valence-corrected chi connectivity index (χ3v) is 5.98. The van der Waals surface area contributed by atoms with E-state index in [1.54, 1.807) is 7.11 Å². The molecule has 1 aliphatic carbocycles. The average molecular weight is 388 g/mol. The number of hydrogen-bond acceptors (Lipinski definition) is 5. The number of esters is 1. The first-order valence-electron chi connectivity index (χ1n) is 9.23. The highest BCUT2D eigenvalue weighted by molar-refractivity contribution is 7.14. The van der Waals surface area contributed by atoms with Gasteiger partial charge in [-0.3, -0.25) is 4.79 Å². The Morgan fingerprint density at radius 1 is 1.26 bits per heavy atom. The lowest BCUT2D eigenvalue weighted by Gasteiger charge is -2.16. The van der Waals surface area contributed by atoms with Crippen LogP contribution in [0.5, 0.6) is 5.75 Å². The molecule has 1 N–H and O–H groups in total. The van der Waals surface area contributed by atoms with Crippen molar-refractivity contribution in [2.24, 2.45) is 5.92 Å². The third-order valence-electron chi connectivity index (χ3n) is 4.76. The second kappa shape index (κ2) is 9.04. The van der Waals surface area contributed by atoms with Crippen LogP contribution in [0.3, 0.4) is 0 Å². The predicted molar refractivity (Wildman–Crippen MR) is 105 cm³/mol. The second-order valence-corrected chi connectivity index (χ2v) is 8.07. The van der Waals surface area contributed by atoms with E-state index in [2.05, 4.69) is 12.2 Å². The quantitative estimate of drug-likeness (QED) is 0.740. The van der Waals surface area contributed by atoms with Crippen LogP contribution in [0.15, 0.2) is 30.3 Å². The van der Waals surface area contributed by atoms with Crippen LogP contribution in [0.25, 0.3) is 0 Å². The Morgan fingerprint density at radius 3 is 2.78 bits per heavy atom. The molecule has 1 heterocycles. The summed E-state index contributed by atoms with van der Waals surface area (Å²) in [4.78, 5) is 26.0. The minimum absolute atomic E-state index is 0.250. The Kier molecular flexibility index (Phi) is 6.50. The fourth-order valence-corrected chi connectivity index (χ4v) is 4.30. The number of carbonyl (C=O) groups excluding carboxylic acids is 2. The van der Waals surface area contributed by atoms with Crippen molar-refractivity contribution >= 4 is 23.2 Å². The van der Waals surface area contributed by atoms with E-state index >= 15 is 0 Å². The molecule has 5 nitrogen and oxygen atoms in total. The predicted octanol–water partition coefficient (Wildman–Crippen LogP) is 3.40. The first-order chi connectivity index (χ1) is 13.0. The van der Waals surface area contributed by atoms with E-state index in [9.17, 15) is 9.59 Å². The lowest BCUT2D eigenvalue weighted by Crippen LogP contribution is -2.30. The van der Waals surface area contributed by atoms with Crippen molar-refractivity contribution in [3.8, 4) is 5.75 Å². The second-order valence-electron chi connectivity index (χ2n) is 6.93. The highest BCUT2D eigenvalue weighted by atomic mass is 32.1. The molecule has 1 aliphatic rings. The van der Waals surface area contributed by atoms with Gasteiger partial charge < -0.3 is 14.8 Å². The van der Waals surface area contributed by atoms with E-state index in [0.29, 0.717) is 23.8 Å². The summed E-state index contributed by atoms with van der Waals surface area (Å²) in [6.45, 7) is 2.48. The van der Waals surface area contributed by atoms with E-state index < -0.39 is 5.97 Å². The molecule has 0 saturated heterocycles. The SMILES string of the molecule is COc1ccc(CCNC(=O)COC(=O)c2cc3c(s2)CC[C@@H](C)C3)cc1. The van der Waals surface area contributed by atoms with Crippen LogP contribution >= 0.6 is 11.3 Å². The van der Waals surface area contributed by atoms with Crippen LogP contribution in [-0.4, -0.2) is 32.1 Å². The van der Waals surface area contributed by atoms with Crippen molar-refractivity contribution in [3.05, 3.63) is 51.2 Å². The number of benzene rings is 1. The van der Waals surface area contributed by atoms with Gasteiger partial charge in [-0.2, -0.15) is 0 Å². The molecule has 0 saturated carbocycles. The van der Waals surface area contributed by atoms with E-state index in [-0.39, 0.29) is 12.5 Å². The number of methoxy groups -OCH3 is 1. The zero-order valence-electron chi connectivity index (χ0n) is 15.7. The van der Waals surface area contributed by atoms with E-state index in [1.165, 1.54) is 28.2 Å². The Labute approximate surface area is 163 Å². The standard InChI is InChI=1S/C21H25NO4S/c1-14-3-8-18-16(11-14)12-19(27-18)21(24)26-13-20(23)22-10-9-15-4-6-17(25-2)7-5-15/h4-7,12,14H,3,8-11,13H2,1-2H3,(H,22,23)/t14-/m1/s1. The Balaban J connectivity index is 1.40. The normalized spacial score (nSPS) is 15.7. The Hall–Kier alpha value is -2.34. The van der Waals surface area contributed by atoms with Crippen molar-refractivity contribution in [3.63, 3.8) is 0 Å². The van der Waals surface area contributed by atoms with Crippen LogP contribution in [0, 0.1) is 5.92 Å². The van der Waals surface area contributed by atoms with Crippen LogP contribution in [0.1, 0.15) is 39.0 Å². The number of fused-ring (bicyclic) bond motifs is 1. The van der Waals surface area contributed by atoms with Gasteiger partial charge in [-0.1, -0.05) is 19.1 Å². The van der Waals surface area contributed by atoms with Gasteiger partial charge in [0.1, 0.15) is 10.6 Å². The summed E-state index contributed by atoms with van der Waals surface area (Å²) in [7, 11) is 1.63.